The van der Waals surface area contributed by atoms with Crippen LogP contribution in [-0.2, 0) is 4.74 Å². The van der Waals surface area contributed by atoms with Crippen LogP contribution in [0.1, 0.15) is 31.4 Å². The van der Waals surface area contributed by atoms with E-state index in [-0.39, 0.29) is 0 Å². The van der Waals surface area contributed by atoms with E-state index in [1.54, 1.807) is 0 Å². The minimum atomic E-state index is 0.322. The van der Waals surface area contributed by atoms with Crippen LogP contribution < -0.4 is 4.90 Å². The molecular formula is C19H21N5O. The number of H-pyrrole nitrogens is 1. The maximum Gasteiger partial charge on any atom is 0.162 e. The first-order valence-electron chi connectivity index (χ1n) is 8.95. The number of nitrogens with zero attached hydrogens (tertiary/aromatic N) is 4. The van der Waals surface area contributed by atoms with Gasteiger partial charge in [0.1, 0.15) is 11.5 Å². The lowest BCUT2D eigenvalue weighted by molar-refractivity contribution is 0.0985. The van der Waals surface area contributed by atoms with Gasteiger partial charge in [0.15, 0.2) is 5.82 Å². The van der Waals surface area contributed by atoms with Crippen molar-refractivity contribution in [3.8, 4) is 11.4 Å². The Kier molecular flexibility index (Phi) is 3.45. The number of fused-ring (bicyclic) bond motifs is 1. The first kappa shape index (κ1) is 14.8. The van der Waals surface area contributed by atoms with Crippen molar-refractivity contribution in [3.63, 3.8) is 0 Å². The zero-order valence-corrected chi connectivity index (χ0v) is 14.3. The summed E-state index contributed by atoms with van der Waals surface area (Å²) < 4.78 is 5.54. The molecule has 0 spiro atoms. The Morgan fingerprint density at radius 1 is 1.20 bits per heavy atom. The van der Waals surface area contributed by atoms with Crippen molar-refractivity contribution < 1.29 is 4.74 Å². The van der Waals surface area contributed by atoms with E-state index in [1.807, 2.05) is 24.5 Å². The largest absolute Gasteiger partial charge is 0.377 e. The molecule has 2 aliphatic rings. The Labute approximate surface area is 146 Å². The molecule has 2 fully saturated rings. The van der Waals surface area contributed by atoms with Gasteiger partial charge in [-0.2, -0.15) is 0 Å². The molecule has 1 saturated carbocycles. The number of anilines is 1. The molecule has 1 saturated heterocycles. The lowest BCUT2D eigenvalue weighted by atomic mass is 10.1. The number of nitrogens with one attached hydrogen (secondary N) is 1. The highest BCUT2D eigenvalue weighted by atomic mass is 16.5. The summed E-state index contributed by atoms with van der Waals surface area (Å²) in [5.41, 5.74) is 3.25. The fourth-order valence-electron chi connectivity index (χ4n) is 3.56. The molecule has 1 N–H and O–H groups in total. The third-order valence-corrected chi connectivity index (χ3v) is 5.11. The van der Waals surface area contributed by atoms with E-state index in [0.717, 1.165) is 48.0 Å². The monoisotopic (exact) mass is 335 g/mol. The summed E-state index contributed by atoms with van der Waals surface area (Å²) in [6.07, 6.45) is 6.21. The average molecular weight is 335 g/mol. The van der Waals surface area contributed by atoms with E-state index < -0.39 is 0 Å². The second kappa shape index (κ2) is 5.81. The lowest BCUT2D eigenvalue weighted by Crippen LogP contribution is -2.44. The predicted octanol–water partition coefficient (Wildman–Crippen LogP) is 3.12. The summed E-state index contributed by atoms with van der Waals surface area (Å²) in [6.45, 7) is 4.51. The summed E-state index contributed by atoms with van der Waals surface area (Å²) in [5, 5.41) is 1.11. The Bertz CT molecular complexity index is 917. The number of morpholine rings is 1. The van der Waals surface area contributed by atoms with Gasteiger partial charge < -0.3 is 14.6 Å². The molecule has 1 aliphatic carbocycles. The molecule has 1 atom stereocenters. The second-order valence-corrected chi connectivity index (χ2v) is 6.98. The van der Waals surface area contributed by atoms with Crippen molar-refractivity contribution in [2.24, 2.45) is 0 Å². The van der Waals surface area contributed by atoms with Crippen LogP contribution in [0.3, 0.4) is 0 Å². The van der Waals surface area contributed by atoms with Crippen molar-refractivity contribution in [3.05, 3.63) is 36.3 Å². The Morgan fingerprint density at radius 2 is 2.08 bits per heavy atom. The van der Waals surface area contributed by atoms with E-state index in [4.69, 9.17) is 9.72 Å². The van der Waals surface area contributed by atoms with Crippen molar-refractivity contribution in [2.45, 2.75) is 31.7 Å². The molecule has 128 valence electrons. The van der Waals surface area contributed by atoms with Crippen LogP contribution in [0, 0.1) is 0 Å². The number of ether oxygens (including phenoxy) is 1. The van der Waals surface area contributed by atoms with Gasteiger partial charge in [-0.25, -0.2) is 15.0 Å². The van der Waals surface area contributed by atoms with Gasteiger partial charge in [-0.05, 0) is 43.9 Å². The molecule has 0 bridgehead atoms. The topological polar surface area (TPSA) is 66.9 Å². The van der Waals surface area contributed by atoms with E-state index in [9.17, 15) is 0 Å². The van der Waals surface area contributed by atoms with E-state index in [0.29, 0.717) is 12.0 Å². The Morgan fingerprint density at radius 3 is 2.92 bits per heavy atom. The molecule has 0 aromatic carbocycles. The van der Waals surface area contributed by atoms with Gasteiger partial charge in [0, 0.05) is 35.6 Å². The fourth-order valence-corrected chi connectivity index (χ4v) is 3.56. The first-order valence-corrected chi connectivity index (χ1v) is 8.95. The summed E-state index contributed by atoms with van der Waals surface area (Å²) in [4.78, 5) is 19.6. The van der Waals surface area contributed by atoms with Crippen LogP contribution >= 0.6 is 0 Å². The molecule has 1 unspecified atom stereocenters. The van der Waals surface area contributed by atoms with Gasteiger partial charge in [0.05, 0.1) is 19.3 Å². The second-order valence-electron chi connectivity index (χ2n) is 6.98. The maximum absolute atomic E-state index is 5.54. The molecule has 3 aromatic heterocycles. The SMILES string of the molecule is CC1COCCN1c1ccnc(-c2ccnc3[nH]c(C4CC4)cc23)n1. The molecule has 6 nitrogen and oxygen atoms in total. The van der Waals surface area contributed by atoms with Crippen LogP contribution in [-0.4, -0.2) is 45.7 Å². The van der Waals surface area contributed by atoms with Gasteiger partial charge >= 0.3 is 0 Å². The van der Waals surface area contributed by atoms with Gasteiger partial charge in [0.25, 0.3) is 0 Å². The lowest BCUT2D eigenvalue weighted by Gasteiger charge is -2.34. The van der Waals surface area contributed by atoms with E-state index in [1.165, 1.54) is 18.5 Å². The highest BCUT2D eigenvalue weighted by molar-refractivity contribution is 5.91. The Hall–Kier alpha value is -2.47. The molecule has 1 aliphatic heterocycles. The summed E-state index contributed by atoms with van der Waals surface area (Å²) >= 11 is 0. The minimum Gasteiger partial charge on any atom is -0.377 e. The number of aromatic amines is 1. The van der Waals surface area contributed by atoms with Crippen molar-refractivity contribution in [1.29, 1.82) is 0 Å². The van der Waals surface area contributed by atoms with Gasteiger partial charge in [-0.1, -0.05) is 0 Å². The van der Waals surface area contributed by atoms with E-state index in [2.05, 4.69) is 32.8 Å². The third kappa shape index (κ3) is 2.66. The number of hydrogen-bond acceptors (Lipinski definition) is 5. The normalized spacial score (nSPS) is 21.0. The third-order valence-electron chi connectivity index (χ3n) is 5.11. The molecule has 0 amide bonds. The minimum absolute atomic E-state index is 0.322. The summed E-state index contributed by atoms with van der Waals surface area (Å²) in [7, 11) is 0. The van der Waals surface area contributed by atoms with Crippen LogP contribution in [0.4, 0.5) is 5.82 Å². The molecule has 0 radical (unpaired) electrons. The maximum atomic E-state index is 5.54. The quantitative estimate of drug-likeness (QED) is 0.796. The molecule has 25 heavy (non-hydrogen) atoms. The summed E-state index contributed by atoms with van der Waals surface area (Å²) in [6, 6.07) is 6.54. The fraction of sp³-hybridized carbons (Fsp3) is 0.421. The predicted molar refractivity (Wildman–Crippen MR) is 96.7 cm³/mol. The van der Waals surface area contributed by atoms with Gasteiger partial charge in [-0.15, -0.1) is 0 Å². The molecule has 6 heteroatoms. The van der Waals surface area contributed by atoms with Crippen LogP contribution in [0.15, 0.2) is 30.6 Å². The highest BCUT2D eigenvalue weighted by Gasteiger charge is 2.26. The first-order chi connectivity index (χ1) is 12.3. The molecular weight excluding hydrogens is 314 g/mol. The summed E-state index contributed by atoms with van der Waals surface area (Å²) in [5.74, 6) is 2.39. The van der Waals surface area contributed by atoms with E-state index >= 15 is 0 Å². The molecule has 5 rings (SSSR count). The van der Waals surface area contributed by atoms with Gasteiger partial charge in [0.2, 0.25) is 0 Å². The number of pyridine rings is 1. The van der Waals surface area contributed by atoms with Crippen molar-refractivity contribution in [2.75, 3.05) is 24.7 Å². The number of rotatable bonds is 3. The molecule has 3 aromatic rings. The number of hydrogen-bond donors (Lipinski definition) is 1. The molecule has 4 heterocycles. The smallest absolute Gasteiger partial charge is 0.162 e. The van der Waals surface area contributed by atoms with Gasteiger partial charge in [-0.3, -0.25) is 0 Å². The van der Waals surface area contributed by atoms with Crippen molar-refractivity contribution >= 4 is 16.9 Å². The zero-order chi connectivity index (χ0) is 16.8. The standard InChI is InChI=1S/C19H21N5O/c1-12-11-25-9-8-24(12)17-5-7-21-18(23-17)14-4-6-20-19-15(14)10-16(22-19)13-2-3-13/h4-7,10,12-13H,2-3,8-9,11H2,1H3,(H,20,22). The Balaban J connectivity index is 1.57. The average Bonchev–Trinajstić information content (AvgIpc) is 3.40. The van der Waals surface area contributed by atoms with Crippen LogP contribution in [0.5, 0.6) is 0 Å². The highest BCUT2D eigenvalue weighted by Crippen LogP contribution is 2.41. The van der Waals surface area contributed by atoms with Crippen LogP contribution in [0.25, 0.3) is 22.4 Å². The zero-order valence-electron chi connectivity index (χ0n) is 14.3. The van der Waals surface area contributed by atoms with Crippen molar-refractivity contribution in [1.82, 2.24) is 19.9 Å². The number of aromatic nitrogens is 4. The van der Waals surface area contributed by atoms with Crippen LogP contribution in [0.2, 0.25) is 0 Å².